The maximum Gasteiger partial charge on any atom is 0.0568 e. The number of benzene rings is 2. The Morgan fingerprint density at radius 1 is 0.941 bits per heavy atom. The maximum absolute atomic E-state index is 9.92. The zero-order chi connectivity index (χ0) is 11.7. The molecule has 1 atom stereocenters. The van der Waals surface area contributed by atoms with Crippen molar-refractivity contribution in [2.45, 2.75) is 18.3 Å². The minimum atomic E-state index is -0.183. The van der Waals surface area contributed by atoms with Crippen molar-refractivity contribution in [2.24, 2.45) is 0 Å². The molecule has 0 aliphatic heterocycles. The summed E-state index contributed by atoms with van der Waals surface area (Å²) in [6.07, 6.45) is 2.07. The summed E-state index contributed by atoms with van der Waals surface area (Å²) in [5.74, 6) is 0. The molecule has 1 aliphatic rings. The van der Waals surface area contributed by atoms with Crippen LogP contribution in [0.15, 0.2) is 54.6 Å². The number of aliphatic hydroxyl groups is 1. The second kappa shape index (κ2) is 4.01. The summed E-state index contributed by atoms with van der Waals surface area (Å²) in [6.45, 7) is 0.189. The lowest BCUT2D eigenvalue weighted by Gasteiger charge is -2.28. The topological polar surface area (TPSA) is 20.2 Å². The van der Waals surface area contributed by atoms with Crippen LogP contribution in [0, 0.1) is 0 Å². The lowest BCUT2D eigenvalue weighted by atomic mass is 9.76. The van der Waals surface area contributed by atoms with E-state index in [0.717, 1.165) is 12.8 Å². The second-order valence-corrected chi connectivity index (χ2v) is 4.76. The van der Waals surface area contributed by atoms with Gasteiger partial charge in [-0.05, 0) is 29.5 Å². The number of hydrogen-bond acceptors (Lipinski definition) is 1. The van der Waals surface area contributed by atoms with Gasteiger partial charge in [-0.3, -0.25) is 0 Å². The van der Waals surface area contributed by atoms with E-state index in [-0.39, 0.29) is 12.0 Å². The van der Waals surface area contributed by atoms with Crippen LogP contribution in [0.1, 0.15) is 23.1 Å². The zero-order valence-corrected chi connectivity index (χ0v) is 9.76. The lowest BCUT2D eigenvalue weighted by Crippen LogP contribution is -2.29. The summed E-state index contributed by atoms with van der Waals surface area (Å²) in [6, 6.07) is 18.9. The van der Waals surface area contributed by atoms with E-state index in [2.05, 4.69) is 36.4 Å². The van der Waals surface area contributed by atoms with Crippen molar-refractivity contribution < 1.29 is 5.11 Å². The minimum absolute atomic E-state index is 0.183. The van der Waals surface area contributed by atoms with Crippen LogP contribution in [0.25, 0.3) is 0 Å². The van der Waals surface area contributed by atoms with Gasteiger partial charge in [0.05, 0.1) is 6.61 Å². The first-order valence-electron chi connectivity index (χ1n) is 6.11. The Hall–Kier alpha value is -1.60. The van der Waals surface area contributed by atoms with Gasteiger partial charge in [0.25, 0.3) is 0 Å². The highest BCUT2D eigenvalue weighted by atomic mass is 16.3. The molecule has 1 unspecified atom stereocenters. The molecule has 86 valence electrons. The normalized spacial score (nSPS) is 22.4. The molecule has 0 radical (unpaired) electrons. The van der Waals surface area contributed by atoms with Crippen LogP contribution in [-0.2, 0) is 11.8 Å². The summed E-state index contributed by atoms with van der Waals surface area (Å²) in [5.41, 5.74) is 3.73. The first-order valence-corrected chi connectivity index (χ1v) is 6.11. The maximum atomic E-state index is 9.92. The van der Waals surface area contributed by atoms with Gasteiger partial charge in [-0.2, -0.15) is 0 Å². The van der Waals surface area contributed by atoms with Crippen molar-refractivity contribution in [3.63, 3.8) is 0 Å². The number of hydrogen-bond donors (Lipinski definition) is 1. The fourth-order valence-electron chi connectivity index (χ4n) is 3.00. The molecular formula is C16H16O. The average molecular weight is 224 g/mol. The number of aliphatic hydroxyl groups excluding tert-OH is 1. The highest BCUT2D eigenvalue weighted by Crippen LogP contribution is 2.43. The van der Waals surface area contributed by atoms with Crippen LogP contribution in [-0.4, -0.2) is 11.7 Å². The third kappa shape index (κ3) is 1.50. The average Bonchev–Trinajstić information content (AvgIpc) is 2.80. The van der Waals surface area contributed by atoms with E-state index in [1.165, 1.54) is 16.7 Å². The molecule has 1 heteroatoms. The molecular weight excluding hydrogens is 208 g/mol. The van der Waals surface area contributed by atoms with Gasteiger partial charge in [-0.25, -0.2) is 0 Å². The predicted molar refractivity (Wildman–Crippen MR) is 69.1 cm³/mol. The van der Waals surface area contributed by atoms with Crippen molar-refractivity contribution in [1.29, 1.82) is 0 Å². The Kier molecular flexibility index (Phi) is 2.49. The minimum Gasteiger partial charge on any atom is -0.395 e. The van der Waals surface area contributed by atoms with E-state index in [4.69, 9.17) is 0 Å². The Bertz CT molecular complexity index is 518. The van der Waals surface area contributed by atoms with Gasteiger partial charge < -0.3 is 5.11 Å². The Balaban J connectivity index is 2.18. The highest BCUT2D eigenvalue weighted by molar-refractivity contribution is 5.47. The summed E-state index contributed by atoms with van der Waals surface area (Å²) < 4.78 is 0. The number of fused-ring (bicyclic) bond motifs is 1. The molecule has 0 fully saturated rings. The van der Waals surface area contributed by atoms with Crippen molar-refractivity contribution in [2.75, 3.05) is 6.61 Å². The van der Waals surface area contributed by atoms with Crippen LogP contribution in [0.2, 0.25) is 0 Å². The van der Waals surface area contributed by atoms with Crippen molar-refractivity contribution in [3.05, 3.63) is 71.3 Å². The van der Waals surface area contributed by atoms with Gasteiger partial charge >= 0.3 is 0 Å². The smallest absolute Gasteiger partial charge is 0.0568 e. The molecule has 0 saturated heterocycles. The third-order valence-corrected chi connectivity index (χ3v) is 3.95. The summed E-state index contributed by atoms with van der Waals surface area (Å²) in [4.78, 5) is 0. The fraction of sp³-hybridized carbons (Fsp3) is 0.250. The van der Waals surface area contributed by atoms with E-state index in [1.807, 2.05) is 18.2 Å². The molecule has 0 heterocycles. The SMILES string of the molecule is OCC1(c2ccccc2)CCc2ccccc21. The van der Waals surface area contributed by atoms with Crippen molar-refractivity contribution in [3.8, 4) is 0 Å². The zero-order valence-electron chi connectivity index (χ0n) is 9.76. The molecule has 1 nitrogen and oxygen atoms in total. The molecule has 1 aliphatic carbocycles. The summed E-state index contributed by atoms with van der Waals surface area (Å²) in [7, 11) is 0. The predicted octanol–water partition coefficient (Wildman–Crippen LogP) is 2.91. The Morgan fingerprint density at radius 3 is 2.41 bits per heavy atom. The molecule has 2 aromatic carbocycles. The number of aryl methyl sites for hydroxylation is 1. The van der Waals surface area contributed by atoms with Gasteiger partial charge in [0.1, 0.15) is 0 Å². The van der Waals surface area contributed by atoms with Crippen LogP contribution >= 0.6 is 0 Å². The molecule has 0 amide bonds. The Morgan fingerprint density at radius 2 is 1.65 bits per heavy atom. The third-order valence-electron chi connectivity index (χ3n) is 3.95. The standard InChI is InChI=1S/C16H16O/c17-12-16(14-7-2-1-3-8-14)11-10-13-6-4-5-9-15(13)16/h1-9,17H,10-12H2. The van der Waals surface area contributed by atoms with Gasteiger partial charge in [-0.15, -0.1) is 0 Å². The van der Waals surface area contributed by atoms with E-state index in [1.54, 1.807) is 0 Å². The lowest BCUT2D eigenvalue weighted by molar-refractivity contribution is 0.219. The first kappa shape index (κ1) is 10.5. The molecule has 1 N–H and O–H groups in total. The van der Waals surface area contributed by atoms with Gasteiger partial charge in [-0.1, -0.05) is 54.6 Å². The van der Waals surface area contributed by atoms with Crippen LogP contribution in [0.5, 0.6) is 0 Å². The molecule has 0 aromatic heterocycles. The molecule has 2 aromatic rings. The molecule has 3 rings (SSSR count). The largest absolute Gasteiger partial charge is 0.395 e. The molecule has 0 bridgehead atoms. The van der Waals surface area contributed by atoms with Crippen molar-refractivity contribution >= 4 is 0 Å². The number of rotatable bonds is 2. The van der Waals surface area contributed by atoms with Gasteiger partial charge in [0.2, 0.25) is 0 Å². The monoisotopic (exact) mass is 224 g/mol. The second-order valence-electron chi connectivity index (χ2n) is 4.76. The summed E-state index contributed by atoms with van der Waals surface area (Å²) in [5, 5.41) is 9.92. The highest BCUT2D eigenvalue weighted by Gasteiger charge is 2.39. The first-order chi connectivity index (χ1) is 8.37. The summed E-state index contributed by atoms with van der Waals surface area (Å²) >= 11 is 0. The quantitative estimate of drug-likeness (QED) is 0.831. The van der Waals surface area contributed by atoms with Crippen LogP contribution in [0.4, 0.5) is 0 Å². The van der Waals surface area contributed by atoms with Crippen LogP contribution in [0.3, 0.4) is 0 Å². The molecule has 0 spiro atoms. The fourth-order valence-corrected chi connectivity index (χ4v) is 3.00. The van der Waals surface area contributed by atoms with Gasteiger partial charge in [0, 0.05) is 5.41 Å². The van der Waals surface area contributed by atoms with E-state index >= 15 is 0 Å². The van der Waals surface area contributed by atoms with Crippen molar-refractivity contribution in [1.82, 2.24) is 0 Å². The molecule has 17 heavy (non-hydrogen) atoms. The van der Waals surface area contributed by atoms with Crippen LogP contribution < -0.4 is 0 Å². The Labute approximate surface area is 102 Å². The van der Waals surface area contributed by atoms with E-state index < -0.39 is 0 Å². The van der Waals surface area contributed by atoms with E-state index in [0.29, 0.717) is 0 Å². The molecule has 0 saturated carbocycles. The van der Waals surface area contributed by atoms with Gasteiger partial charge in [0.15, 0.2) is 0 Å². The van der Waals surface area contributed by atoms with E-state index in [9.17, 15) is 5.11 Å².